The van der Waals surface area contributed by atoms with Gasteiger partial charge in [0.15, 0.2) is 0 Å². The molecule has 4 aliphatic rings. The molecule has 0 atom stereocenters. The SMILES string of the molecule is Cc1cc2c3c(c1)N(c1ccc(C(C)(C)C)cc1)c1cc4c(cc1B3c1cc3c(cc1N2c1ccc(-c2ccc5c(c2)oc2ccccc25)cc1)C(C)(C)CC3(C)C)C(C)(C)CC4(C)C. The fourth-order valence-electron chi connectivity index (χ4n) is 13.4. The topological polar surface area (TPSA) is 19.6 Å². The van der Waals surface area contributed by atoms with E-state index in [1.165, 1.54) is 89.5 Å². The van der Waals surface area contributed by atoms with Crippen molar-refractivity contribution in [3.63, 3.8) is 0 Å². The van der Waals surface area contributed by atoms with Crippen molar-refractivity contribution in [3.05, 3.63) is 161 Å². The van der Waals surface area contributed by atoms with Gasteiger partial charge in [0.25, 0.3) is 6.71 Å². The molecule has 2 aliphatic carbocycles. The highest BCUT2D eigenvalue weighted by atomic mass is 16.3. The van der Waals surface area contributed by atoms with E-state index < -0.39 is 0 Å². The lowest BCUT2D eigenvalue weighted by molar-refractivity contribution is 0.403. The van der Waals surface area contributed by atoms with E-state index in [1.807, 2.05) is 6.07 Å². The second kappa shape index (κ2) is 13.1. The molecule has 0 saturated heterocycles. The molecule has 2 aliphatic heterocycles. The average Bonchev–Trinajstić information content (AvgIpc) is 3.77. The Balaban J connectivity index is 1.11. The average molecular weight is 849 g/mol. The number of fused-ring (bicyclic) bond motifs is 9. The number of hydrogen-bond acceptors (Lipinski definition) is 3. The number of para-hydroxylation sites is 1. The third kappa shape index (κ3) is 5.87. The molecule has 0 unspecified atom stereocenters. The first-order chi connectivity index (χ1) is 30.7. The molecule has 0 N–H and O–H groups in total. The van der Waals surface area contributed by atoms with E-state index >= 15 is 0 Å². The van der Waals surface area contributed by atoms with Crippen molar-refractivity contribution >= 4 is 79.2 Å². The van der Waals surface area contributed by atoms with E-state index in [1.54, 1.807) is 0 Å². The van der Waals surface area contributed by atoms with E-state index in [2.05, 4.69) is 214 Å². The highest BCUT2D eigenvalue weighted by molar-refractivity contribution is 7.00. The maximum absolute atomic E-state index is 6.35. The number of nitrogens with zero attached hydrogens (tertiary/aromatic N) is 2. The van der Waals surface area contributed by atoms with Gasteiger partial charge in [0.05, 0.1) is 0 Å². The van der Waals surface area contributed by atoms with Crippen molar-refractivity contribution in [2.24, 2.45) is 0 Å². The number of rotatable bonds is 3. The van der Waals surface area contributed by atoms with Crippen LogP contribution in [0.5, 0.6) is 0 Å². The minimum atomic E-state index is 0.0493. The molecule has 3 heterocycles. The summed E-state index contributed by atoms with van der Waals surface area (Å²) in [5.41, 5.74) is 24.8. The summed E-state index contributed by atoms with van der Waals surface area (Å²) < 4.78 is 6.35. The lowest BCUT2D eigenvalue weighted by Gasteiger charge is -2.45. The zero-order valence-corrected chi connectivity index (χ0v) is 40.4. The van der Waals surface area contributed by atoms with Gasteiger partial charge in [-0.1, -0.05) is 137 Å². The third-order valence-corrected chi connectivity index (χ3v) is 16.0. The molecular formula is C61H61BN2O. The molecule has 0 spiro atoms. The van der Waals surface area contributed by atoms with Gasteiger partial charge in [-0.2, -0.15) is 0 Å². The van der Waals surface area contributed by atoms with Crippen LogP contribution in [-0.2, 0) is 27.1 Å². The summed E-state index contributed by atoms with van der Waals surface area (Å²) >= 11 is 0. The predicted molar refractivity (Wildman–Crippen MR) is 278 cm³/mol. The second-order valence-corrected chi connectivity index (χ2v) is 23.8. The number of furan rings is 1. The zero-order chi connectivity index (χ0) is 45.3. The van der Waals surface area contributed by atoms with Gasteiger partial charge >= 0.3 is 0 Å². The molecule has 8 aromatic rings. The van der Waals surface area contributed by atoms with Crippen molar-refractivity contribution in [2.45, 2.75) is 123 Å². The van der Waals surface area contributed by atoms with Gasteiger partial charge in [-0.25, -0.2) is 0 Å². The minimum Gasteiger partial charge on any atom is -0.456 e. The molecule has 7 aromatic carbocycles. The van der Waals surface area contributed by atoms with Gasteiger partial charge in [0.1, 0.15) is 11.2 Å². The standard InChI is InChI=1S/C61H61BN2O/c1-36-27-52-56-53(28-36)64(41-24-20-39(21-25-41)57(2,3)4)51-33-47-45(59(7,8)35-61(47,11)12)31-49(51)62(56)48-30-44-46(60(9,10)34-58(44,5)6)32-50(48)63(52)40-22-17-37(18-23-40)38-19-26-43-42-15-13-14-16-54(42)65-55(43)29-38/h13-33H,34-35H2,1-12H3. The van der Waals surface area contributed by atoms with E-state index in [-0.39, 0.29) is 33.8 Å². The van der Waals surface area contributed by atoms with Gasteiger partial charge in [0.2, 0.25) is 0 Å². The van der Waals surface area contributed by atoms with Gasteiger partial charge < -0.3 is 14.2 Å². The number of aryl methyl sites for hydroxylation is 1. The zero-order valence-electron chi connectivity index (χ0n) is 40.4. The third-order valence-electron chi connectivity index (χ3n) is 16.0. The molecule has 12 rings (SSSR count). The van der Waals surface area contributed by atoms with Crippen molar-refractivity contribution in [1.29, 1.82) is 0 Å². The molecule has 0 fully saturated rings. The first kappa shape index (κ1) is 40.5. The van der Waals surface area contributed by atoms with Crippen LogP contribution in [0.4, 0.5) is 34.1 Å². The fraction of sp³-hybridized carbons (Fsp3) is 0.311. The van der Waals surface area contributed by atoms with Gasteiger partial charge in [0, 0.05) is 44.9 Å². The molecule has 0 bridgehead atoms. The van der Waals surface area contributed by atoms with Crippen LogP contribution in [0.3, 0.4) is 0 Å². The second-order valence-electron chi connectivity index (χ2n) is 23.8. The maximum atomic E-state index is 6.35. The normalized spacial score (nSPS) is 18.1. The van der Waals surface area contributed by atoms with Crippen LogP contribution in [0.2, 0.25) is 0 Å². The Hall–Kier alpha value is -6.00. The number of anilines is 6. The van der Waals surface area contributed by atoms with Crippen molar-refractivity contribution < 1.29 is 4.42 Å². The van der Waals surface area contributed by atoms with Crippen LogP contribution in [0.1, 0.15) is 122 Å². The summed E-state index contributed by atoms with van der Waals surface area (Å²) in [5.74, 6) is 0. The Kier molecular flexibility index (Phi) is 8.16. The van der Waals surface area contributed by atoms with Gasteiger partial charge in [-0.15, -0.1) is 0 Å². The first-order valence-electron chi connectivity index (χ1n) is 24.0. The molecule has 1 aromatic heterocycles. The molecule has 0 radical (unpaired) electrons. The Labute approximate surface area is 386 Å². The summed E-state index contributed by atoms with van der Waals surface area (Å²) in [5, 5.41) is 2.31. The van der Waals surface area contributed by atoms with Crippen LogP contribution in [0.15, 0.2) is 132 Å². The largest absolute Gasteiger partial charge is 0.456 e. The number of benzene rings is 7. The lowest BCUT2D eigenvalue weighted by atomic mass is 9.33. The summed E-state index contributed by atoms with van der Waals surface area (Å²) in [6.07, 6.45) is 2.25. The fourth-order valence-corrected chi connectivity index (χ4v) is 13.4. The van der Waals surface area contributed by atoms with Gasteiger partial charge in [-0.3, -0.25) is 0 Å². The predicted octanol–water partition coefficient (Wildman–Crippen LogP) is 14.9. The monoisotopic (exact) mass is 848 g/mol. The number of hydrogen-bond donors (Lipinski definition) is 0. The van der Waals surface area contributed by atoms with Crippen LogP contribution in [0.25, 0.3) is 33.1 Å². The summed E-state index contributed by atoms with van der Waals surface area (Å²) in [6.45, 7) is 29.0. The van der Waals surface area contributed by atoms with Crippen LogP contribution >= 0.6 is 0 Å². The van der Waals surface area contributed by atoms with Crippen LogP contribution < -0.4 is 26.2 Å². The lowest BCUT2D eigenvalue weighted by Crippen LogP contribution is -2.61. The van der Waals surface area contributed by atoms with Crippen LogP contribution in [0, 0.1) is 6.92 Å². The van der Waals surface area contributed by atoms with Crippen molar-refractivity contribution in [1.82, 2.24) is 0 Å². The summed E-state index contributed by atoms with van der Waals surface area (Å²) in [6, 6.07) is 49.2. The molecule has 65 heavy (non-hydrogen) atoms. The first-order valence-corrected chi connectivity index (χ1v) is 24.0. The Morgan fingerprint density at radius 2 is 0.938 bits per heavy atom. The van der Waals surface area contributed by atoms with Gasteiger partial charge in [-0.05, 0) is 174 Å². The quantitative estimate of drug-likeness (QED) is 0.165. The van der Waals surface area contributed by atoms with E-state index in [0.29, 0.717) is 0 Å². The molecule has 324 valence electrons. The highest BCUT2D eigenvalue weighted by Gasteiger charge is 2.50. The highest BCUT2D eigenvalue weighted by Crippen LogP contribution is 2.55. The molecule has 0 amide bonds. The van der Waals surface area contributed by atoms with E-state index in [4.69, 9.17) is 4.42 Å². The smallest absolute Gasteiger partial charge is 0.252 e. The summed E-state index contributed by atoms with van der Waals surface area (Å²) in [7, 11) is 0. The van der Waals surface area contributed by atoms with Crippen LogP contribution in [-0.4, -0.2) is 6.71 Å². The Bertz CT molecular complexity index is 3320. The molecule has 3 nitrogen and oxygen atoms in total. The minimum absolute atomic E-state index is 0.0493. The molecule has 4 heteroatoms. The van der Waals surface area contributed by atoms with E-state index in [0.717, 1.165) is 40.3 Å². The maximum Gasteiger partial charge on any atom is 0.252 e. The van der Waals surface area contributed by atoms with E-state index in [9.17, 15) is 0 Å². The molecular weight excluding hydrogens is 787 g/mol. The Morgan fingerprint density at radius 1 is 0.477 bits per heavy atom. The Morgan fingerprint density at radius 3 is 1.46 bits per heavy atom. The van der Waals surface area contributed by atoms with Crippen molar-refractivity contribution in [3.8, 4) is 11.1 Å². The molecule has 0 saturated carbocycles. The summed E-state index contributed by atoms with van der Waals surface area (Å²) in [4.78, 5) is 5.23. The van der Waals surface area contributed by atoms with Crippen molar-refractivity contribution in [2.75, 3.05) is 9.80 Å².